The van der Waals surface area contributed by atoms with Crippen LogP contribution < -0.4 is 5.32 Å². The van der Waals surface area contributed by atoms with Crippen molar-refractivity contribution in [2.45, 2.75) is 76.8 Å². The van der Waals surface area contributed by atoms with Crippen molar-refractivity contribution in [3.63, 3.8) is 0 Å². The molecule has 1 fully saturated rings. The SMILES string of the molecule is CCOC(C[SiH2]CCCNC1CCCCC1)OCC. The fourth-order valence-corrected chi connectivity index (χ4v) is 4.37. The lowest BCUT2D eigenvalue weighted by molar-refractivity contribution is -0.123. The van der Waals surface area contributed by atoms with Gasteiger partial charge in [-0.15, -0.1) is 0 Å². The Hall–Kier alpha value is 0.0969. The molecule has 1 rings (SSSR count). The topological polar surface area (TPSA) is 30.5 Å². The molecular weight excluding hydrogens is 254 g/mol. The zero-order valence-corrected chi connectivity index (χ0v) is 14.4. The van der Waals surface area contributed by atoms with Crippen LogP contribution in [0.4, 0.5) is 0 Å². The zero-order chi connectivity index (χ0) is 13.8. The third-order valence-corrected chi connectivity index (χ3v) is 5.74. The maximum Gasteiger partial charge on any atom is 0.154 e. The van der Waals surface area contributed by atoms with E-state index in [1.165, 1.54) is 57.2 Å². The number of hydrogen-bond acceptors (Lipinski definition) is 3. The normalized spacial score (nSPS) is 17.8. The van der Waals surface area contributed by atoms with Crippen LogP contribution in [0.5, 0.6) is 0 Å². The summed E-state index contributed by atoms with van der Waals surface area (Å²) >= 11 is 0. The van der Waals surface area contributed by atoms with Gasteiger partial charge < -0.3 is 14.8 Å². The average molecular weight is 288 g/mol. The van der Waals surface area contributed by atoms with Crippen molar-refractivity contribution in [1.82, 2.24) is 5.32 Å². The highest BCUT2D eigenvalue weighted by Gasteiger charge is 2.12. The fraction of sp³-hybridized carbons (Fsp3) is 1.00. The van der Waals surface area contributed by atoms with E-state index in [0.29, 0.717) is 0 Å². The molecule has 1 N–H and O–H groups in total. The van der Waals surface area contributed by atoms with Crippen molar-refractivity contribution in [2.24, 2.45) is 0 Å². The number of nitrogens with one attached hydrogen (secondary N) is 1. The van der Waals surface area contributed by atoms with Crippen LogP contribution >= 0.6 is 0 Å². The first kappa shape index (κ1) is 17.1. The van der Waals surface area contributed by atoms with Gasteiger partial charge in [-0.25, -0.2) is 0 Å². The van der Waals surface area contributed by atoms with Gasteiger partial charge in [0, 0.05) is 28.8 Å². The Morgan fingerprint density at radius 3 is 2.42 bits per heavy atom. The molecule has 0 aromatic carbocycles. The van der Waals surface area contributed by atoms with Crippen molar-refractivity contribution in [1.29, 1.82) is 0 Å². The largest absolute Gasteiger partial charge is 0.353 e. The van der Waals surface area contributed by atoms with Crippen LogP contribution in [-0.2, 0) is 9.47 Å². The fourth-order valence-electron chi connectivity index (χ4n) is 2.81. The molecule has 0 aliphatic heterocycles. The summed E-state index contributed by atoms with van der Waals surface area (Å²) < 4.78 is 11.2. The second-order valence-electron chi connectivity index (χ2n) is 5.48. The maximum absolute atomic E-state index is 5.58. The summed E-state index contributed by atoms with van der Waals surface area (Å²) in [5, 5.41) is 3.72. The van der Waals surface area contributed by atoms with Crippen LogP contribution in [0.15, 0.2) is 0 Å². The Morgan fingerprint density at radius 1 is 1.11 bits per heavy atom. The molecule has 1 aliphatic rings. The first-order chi connectivity index (χ1) is 9.36. The molecule has 0 atom stereocenters. The molecule has 0 spiro atoms. The minimum absolute atomic E-state index is 0.0154. The standard InChI is InChI=1S/C15H33NO2Si/c1-3-17-15(18-4-2)13-19-12-8-11-16-14-9-6-5-7-10-14/h14-16H,3-13,19H2,1-2H3. The van der Waals surface area contributed by atoms with Gasteiger partial charge in [0.1, 0.15) is 0 Å². The van der Waals surface area contributed by atoms with Gasteiger partial charge in [0.05, 0.1) is 0 Å². The quantitative estimate of drug-likeness (QED) is 0.360. The van der Waals surface area contributed by atoms with Crippen LogP contribution in [0.1, 0.15) is 52.4 Å². The Kier molecular flexibility index (Phi) is 10.7. The lowest BCUT2D eigenvalue weighted by atomic mass is 9.95. The Morgan fingerprint density at radius 2 is 1.79 bits per heavy atom. The van der Waals surface area contributed by atoms with E-state index in [9.17, 15) is 0 Å². The van der Waals surface area contributed by atoms with E-state index in [1.807, 2.05) is 13.8 Å². The van der Waals surface area contributed by atoms with E-state index in [-0.39, 0.29) is 15.8 Å². The van der Waals surface area contributed by atoms with Crippen molar-refractivity contribution in [2.75, 3.05) is 19.8 Å². The lowest BCUT2D eigenvalue weighted by Crippen LogP contribution is -2.31. The minimum atomic E-state index is -0.0154. The summed E-state index contributed by atoms with van der Waals surface area (Å²) in [6.45, 7) is 6.83. The third kappa shape index (κ3) is 8.79. The van der Waals surface area contributed by atoms with Gasteiger partial charge in [0.15, 0.2) is 6.29 Å². The van der Waals surface area contributed by atoms with Crippen molar-refractivity contribution in [3.05, 3.63) is 0 Å². The summed E-state index contributed by atoms with van der Waals surface area (Å²) in [7, 11) is -0.0154. The summed E-state index contributed by atoms with van der Waals surface area (Å²) in [4.78, 5) is 0. The van der Waals surface area contributed by atoms with Crippen LogP contribution in [0.25, 0.3) is 0 Å². The van der Waals surface area contributed by atoms with E-state index in [2.05, 4.69) is 5.32 Å². The third-order valence-electron chi connectivity index (χ3n) is 3.86. The van der Waals surface area contributed by atoms with Crippen molar-refractivity contribution < 1.29 is 9.47 Å². The Bertz CT molecular complexity index is 193. The van der Waals surface area contributed by atoms with Crippen LogP contribution in [0, 0.1) is 0 Å². The molecule has 0 unspecified atom stereocenters. The van der Waals surface area contributed by atoms with Crippen molar-refractivity contribution >= 4 is 9.52 Å². The summed E-state index contributed by atoms with van der Waals surface area (Å²) in [6, 6.07) is 3.40. The predicted octanol–water partition coefficient (Wildman–Crippen LogP) is 2.70. The summed E-state index contributed by atoms with van der Waals surface area (Å²) in [5.74, 6) is 0. The number of ether oxygens (including phenoxy) is 2. The maximum atomic E-state index is 5.58. The molecule has 4 heteroatoms. The first-order valence-corrected chi connectivity index (χ1v) is 10.3. The lowest BCUT2D eigenvalue weighted by Gasteiger charge is -2.22. The molecule has 0 aromatic heterocycles. The molecule has 0 radical (unpaired) electrons. The molecule has 0 heterocycles. The monoisotopic (exact) mass is 287 g/mol. The molecule has 1 aliphatic carbocycles. The second-order valence-corrected chi connectivity index (χ2v) is 7.47. The Balaban J connectivity index is 1.91. The Labute approximate surface area is 121 Å². The van der Waals surface area contributed by atoms with Gasteiger partial charge >= 0.3 is 0 Å². The molecule has 0 bridgehead atoms. The van der Waals surface area contributed by atoms with Gasteiger partial charge in [-0.1, -0.05) is 25.3 Å². The van der Waals surface area contributed by atoms with E-state index in [4.69, 9.17) is 9.47 Å². The van der Waals surface area contributed by atoms with E-state index in [1.54, 1.807) is 0 Å². The molecular formula is C15H33NO2Si. The number of rotatable bonds is 11. The first-order valence-electron chi connectivity index (χ1n) is 8.33. The average Bonchev–Trinajstić information content (AvgIpc) is 2.44. The van der Waals surface area contributed by atoms with Crippen LogP contribution in [-0.4, -0.2) is 41.6 Å². The molecule has 114 valence electrons. The highest BCUT2D eigenvalue weighted by Crippen LogP contribution is 2.17. The van der Waals surface area contributed by atoms with E-state index in [0.717, 1.165) is 19.3 Å². The van der Waals surface area contributed by atoms with E-state index < -0.39 is 0 Å². The van der Waals surface area contributed by atoms with Gasteiger partial charge in [0.25, 0.3) is 0 Å². The summed E-state index contributed by atoms with van der Waals surface area (Å²) in [5.41, 5.74) is 0. The zero-order valence-electron chi connectivity index (χ0n) is 13.0. The molecule has 0 saturated heterocycles. The van der Waals surface area contributed by atoms with Gasteiger partial charge in [-0.3, -0.25) is 0 Å². The van der Waals surface area contributed by atoms with E-state index >= 15 is 0 Å². The summed E-state index contributed by atoms with van der Waals surface area (Å²) in [6.07, 6.45) is 8.51. The van der Waals surface area contributed by atoms with Crippen molar-refractivity contribution in [3.8, 4) is 0 Å². The highest BCUT2D eigenvalue weighted by molar-refractivity contribution is 6.35. The highest BCUT2D eigenvalue weighted by atomic mass is 28.2. The minimum Gasteiger partial charge on any atom is -0.353 e. The molecule has 3 nitrogen and oxygen atoms in total. The second kappa shape index (κ2) is 11.9. The molecule has 1 saturated carbocycles. The van der Waals surface area contributed by atoms with Gasteiger partial charge in [-0.2, -0.15) is 0 Å². The van der Waals surface area contributed by atoms with Gasteiger partial charge in [0.2, 0.25) is 0 Å². The smallest absolute Gasteiger partial charge is 0.154 e. The van der Waals surface area contributed by atoms with Crippen LogP contribution in [0.3, 0.4) is 0 Å². The molecule has 0 amide bonds. The predicted molar refractivity (Wildman–Crippen MR) is 84.7 cm³/mol. The van der Waals surface area contributed by atoms with Crippen LogP contribution in [0.2, 0.25) is 12.1 Å². The number of hydrogen-bond donors (Lipinski definition) is 1. The molecule has 19 heavy (non-hydrogen) atoms. The molecule has 0 aromatic rings. The van der Waals surface area contributed by atoms with Gasteiger partial charge in [-0.05, 0) is 45.7 Å².